The van der Waals surface area contributed by atoms with Crippen LogP contribution in [0.3, 0.4) is 0 Å². The summed E-state index contributed by atoms with van der Waals surface area (Å²) in [5.74, 6) is -0.456. The first-order valence-corrected chi connectivity index (χ1v) is 11.5. The second-order valence-corrected chi connectivity index (χ2v) is 8.63. The maximum Gasteiger partial charge on any atom is 0.387 e. The number of sulfonamides is 1. The molecule has 0 saturated carbocycles. The average molecular weight is 489 g/mol. The number of carbonyl (C=O) groups excluding carboxylic acids is 1. The summed E-state index contributed by atoms with van der Waals surface area (Å²) in [6.07, 6.45) is 1.43. The lowest BCUT2D eigenvalue weighted by molar-refractivity contribution is -0.114. The zero-order valence-corrected chi connectivity index (χ0v) is 18.9. The van der Waals surface area contributed by atoms with Gasteiger partial charge in [0, 0.05) is 5.69 Å². The van der Waals surface area contributed by atoms with Gasteiger partial charge in [-0.25, -0.2) is 8.42 Å². The molecule has 0 unspecified atom stereocenters. The molecule has 0 aromatic heterocycles. The third-order valence-corrected chi connectivity index (χ3v) is 5.96. The molecule has 1 N–H and O–H groups in total. The van der Waals surface area contributed by atoms with Gasteiger partial charge in [-0.1, -0.05) is 42.5 Å². The molecular formula is C24H22F2N2O5S. The Labute approximate surface area is 196 Å². The van der Waals surface area contributed by atoms with Crippen LogP contribution in [0, 0.1) is 0 Å². The fourth-order valence-electron chi connectivity index (χ4n) is 3.00. The highest BCUT2D eigenvalue weighted by molar-refractivity contribution is 7.95. The molecule has 1 amide bonds. The Hall–Kier alpha value is -3.92. The monoisotopic (exact) mass is 488 g/mol. The molecule has 3 rings (SSSR count). The van der Waals surface area contributed by atoms with Crippen LogP contribution in [0.1, 0.15) is 5.56 Å². The average Bonchev–Trinajstić information content (AvgIpc) is 2.83. The van der Waals surface area contributed by atoms with Gasteiger partial charge >= 0.3 is 6.61 Å². The number of nitrogens with zero attached hydrogens (tertiary/aromatic N) is 1. The van der Waals surface area contributed by atoms with Gasteiger partial charge in [0.05, 0.1) is 18.2 Å². The van der Waals surface area contributed by atoms with E-state index in [-0.39, 0.29) is 22.9 Å². The first-order chi connectivity index (χ1) is 16.3. The van der Waals surface area contributed by atoms with Crippen LogP contribution in [-0.2, 0) is 14.8 Å². The first-order valence-electron chi connectivity index (χ1n) is 10.0. The predicted molar refractivity (Wildman–Crippen MR) is 126 cm³/mol. The number of ether oxygens (including phenoxy) is 2. The molecule has 0 saturated heterocycles. The third-order valence-electron chi connectivity index (χ3n) is 4.54. The number of hydrogen-bond donors (Lipinski definition) is 1. The van der Waals surface area contributed by atoms with Crippen LogP contribution in [0.25, 0.3) is 6.08 Å². The Kier molecular flexibility index (Phi) is 8.20. The number of para-hydroxylation sites is 2. The summed E-state index contributed by atoms with van der Waals surface area (Å²) in [5, 5.41) is 3.57. The molecule has 0 heterocycles. The van der Waals surface area contributed by atoms with E-state index in [1.165, 1.54) is 43.5 Å². The topological polar surface area (TPSA) is 84.9 Å². The largest absolute Gasteiger partial charge is 0.495 e. The fraction of sp³-hybridized carbons (Fsp3) is 0.125. The minimum atomic E-state index is -4.11. The van der Waals surface area contributed by atoms with Gasteiger partial charge < -0.3 is 14.8 Å². The van der Waals surface area contributed by atoms with Gasteiger partial charge in [0.1, 0.15) is 18.0 Å². The van der Waals surface area contributed by atoms with Gasteiger partial charge in [-0.15, -0.1) is 0 Å². The number of benzene rings is 3. The predicted octanol–water partition coefficient (Wildman–Crippen LogP) is 4.74. The number of hydrogen-bond acceptors (Lipinski definition) is 5. The van der Waals surface area contributed by atoms with Crippen LogP contribution < -0.4 is 19.1 Å². The smallest absolute Gasteiger partial charge is 0.387 e. The minimum Gasteiger partial charge on any atom is -0.495 e. The van der Waals surface area contributed by atoms with Crippen molar-refractivity contribution in [3.63, 3.8) is 0 Å². The van der Waals surface area contributed by atoms with Gasteiger partial charge in [-0.3, -0.25) is 9.10 Å². The van der Waals surface area contributed by atoms with Crippen LogP contribution in [0.4, 0.5) is 20.2 Å². The van der Waals surface area contributed by atoms with Crippen LogP contribution in [0.5, 0.6) is 11.5 Å². The van der Waals surface area contributed by atoms with Crippen molar-refractivity contribution in [2.45, 2.75) is 6.61 Å². The Bertz CT molecular complexity index is 1230. The van der Waals surface area contributed by atoms with Crippen LogP contribution >= 0.6 is 0 Å². The Balaban J connectivity index is 1.85. The van der Waals surface area contributed by atoms with Crippen molar-refractivity contribution in [1.29, 1.82) is 0 Å². The molecule has 0 radical (unpaired) electrons. The van der Waals surface area contributed by atoms with E-state index in [0.29, 0.717) is 5.56 Å². The van der Waals surface area contributed by atoms with Crippen LogP contribution in [-0.4, -0.2) is 34.6 Å². The third kappa shape index (κ3) is 6.79. The molecule has 0 bridgehead atoms. The molecule has 0 fully saturated rings. The SMILES string of the molecule is COc1ccccc1N(CC(=O)Nc1ccc(OC(F)F)cc1)S(=O)(=O)/C=C/c1ccccc1. The second kappa shape index (κ2) is 11.3. The van der Waals surface area contributed by atoms with Gasteiger partial charge in [0.2, 0.25) is 5.91 Å². The summed E-state index contributed by atoms with van der Waals surface area (Å²) >= 11 is 0. The molecule has 178 valence electrons. The van der Waals surface area contributed by atoms with Crippen molar-refractivity contribution in [2.24, 2.45) is 0 Å². The molecule has 3 aromatic carbocycles. The Morgan fingerprint density at radius 1 is 1.00 bits per heavy atom. The number of methoxy groups -OCH3 is 1. The molecular weight excluding hydrogens is 466 g/mol. The highest BCUT2D eigenvalue weighted by Crippen LogP contribution is 2.30. The minimum absolute atomic E-state index is 0.0720. The summed E-state index contributed by atoms with van der Waals surface area (Å²) in [6, 6.07) is 20.5. The van der Waals surface area contributed by atoms with Crippen LogP contribution in [0.2, 0.25) is 0 Å². The summed E-state index contributed by atoms with van der Waals surface area (Å²) < 4.78 is 61.6. The second-order valence-electron chi connectivity index (χ2n) is 6.89. The van der Waals surface area contributed by atoms with Crippen molar-refractivity contribution in [3.8, 4) is 11.5 Å². The lowest BCUT2D eigenvalue weighted by atomic mass is 10.2. The number of amides is 1. The number of rotatable bonds is 10. The zero-order chi connectivity index (χ0) is 24.6. The number of alkyl halides is 2. The molecule has 0 spiro atoms. The normalized spacial score (nSPS) is 11.4. The summed E-state index contributed by atoms with van der Waals surface area (Å²) in [4.78, 5) is 12.7. The lowest BCUT2D eigenvalue weighted by Gasteiger charge is -2.24. The van der Waals surface area contributed by atoms with E-state index in [0.717, 1.165) is 9.71 Å². The maximum atomic E-state index is 13.2. The molecule has 7 nitrogen and oxygen atoms in total. The zero-order valence-electron chi connectivity index (χ0n) is 18.1. The Morgan fingerprint density at radius 2 is 1.65 bits per heavy atom. The highest BCUT2D eigenvalue weighted by atomic mass is 32.2. The summed E-state index contributed by atoms with van der Waals surface area (Å²) in [5.41, 5.74) is 1.13. The molecule has 0 aliphatic heterocycles. The van der Waals surface area contributed by atoms with Crippen molar-refractivity contribution < 1.29 is 31.5 Å². The van der Waals surface area contributed by atoms with E-state index < -0.39 is 29.1 Å². The van der Waals surface area contributed by atoms with E-state index in [1.807, 2.05) is 6.07 Å². The van der Waals surface area contributed by atoms with E-state index in [9.17, 15) is 22.0 Å². The van der Waals surface area contributed by atoms with Crippen molar-refractivity contribution in [3.05, 3.63) is 89.8 Å². The maximum absolute atomic E-state index is 13.2. The standard InChI is InChI=1S/C24H22F2N2O5S/c1-32-22-10-6-5-9-21(22)28(34(30,31)16-15-18-7-3-2-4-8-18)17-23(29)27-19-11-13-20(14-12-19)33-24(25)26/h2-16,24H,17H2,1H3,(H,27,29)/b16-15+. The number of halogens is 2. The van der Waals surface area contributed by atoms with E-state index in [2.05, 4.69) is 10.1 Å². The summed E-state index contributed by atoms with van der Waals surface area (Å²) in [7, 11) is -2.71. The molecule has 0 aliphatic carbocycles. The lowest BCUT2D eigenvalue weighted by Crippen LogP contribution is -2.37. The molecule has 0 aliphatic rings. The molecule has 10 heteroatoms. The molecule has 34 heavy (non-hydrogen) atoms. The molecule has 3 aromatic rings. The first kappa shape index (κ1) is 24.7. The number of anilines is 2. The van der Waals surface area contributed by atoms with Gasteiger partial charge in [0.25, 0.3) is 10.0 Å². The van der Waals surface area contributed by atoms with Crippen molar-refractivity contribution >= 4 is 33.4 Å². The Morgan fingerprint density at radius 3 is 2.29 bits per heavy atom. The van der Waals surface area contributed by atoms with Crippen molar-refractivity contribution in [1.82, 2.24) is 0 Å². The van der Waals surface area contributed by atoms with E-state index >= 15 is 0 Å². The van der Waals surface area contributed by atoms with Gasteiger partial charge in [-0.05, 0) is 48.0 Å². The van der Waals surface area contributed by atoms with E-state index in [4.69, 9.17) is 4.74 Å². The van der Waals surface area contributed by atoms with E-state index in [1.54, 1.807) is 42.5 Å². The van der Waals surface area contributed by atoms with Crippen molar-refractivity contribution in [2.75, 3.05) is 23.3 Å². The highest BCUT2D eigenvalue weighted by Gasteiger charge is 2.25. The van der Waals surface area contributed by atoms with Gasteiger partial charge in [-0.2, -0.15) is 8.78 Å². The quantitative estimate of drug-likeness (QED) is 0.446. The summed E-state index contributed by atoms with van der Waals surface area (Å²) in [6.45, 7) is -3.53. The number of nitrogens with one attached hydrogen (secondary N) is 1. The fourth-order valence-corrected chi connectivity index (χ4v) is 4.20. The van der Waals surface area contributed by atoms with Gasteiger partial charge in [0.15, 0.2) is 0 Å². The number of carbonyl (C=O) groups is 1. The van der Waals surface area contributed by atoms with Crippen LogP contribution in [0.15, 0.2) is 84.3 Å². The molecule has 0 atom stereocenters.